The summed E-state index contributed by atoms with van der Waals surface area (Å²) in [7, 11) is 5.23. The van der Waals surface area contributed by atoms with Crippen LogP contribution in [0.2, 0.25) is 0 Å². The Morgan fingerprint density at radius 1 is 1.23 bits per heavy atom. The Labute approximate surface area is 185 Å². The van der Waals surface area contributed by atoms with Crippen LogP contribution in [0.4, 0.5) is 5.95 Å². The number of carbonyl (C=O) groups excluding carboxylic acids is 2. The van der Waals surface area contributed by atoms with Crippen molar-refractivity contribution in [1.82, 2.24) is 14.9 Å². The Kier molecular flexibility index (Phi) is 7.59. The van der Waals surface area contributed by atoms with Crippen LogP contribution in [0.5, 0.6) is 5.75 Å². The van der Waals surface area contributed by atoms with Crippen molar-refractivity contribution in [3.05, 3.63) is 41.6 Å². The van der Waals surface area contributed by atoms with E-state index in [0.717, 1.165) is 0 Å². The largest absolute Gasteiger partial charge is 0.426 e. The summed E-state index contributed by atoms with van der Waals surface area (Å²) in [6, 6.07) is 6.66. The van der Waals surface area contributed by atoms with Gasteiger partial charge in [0.15, 0.2) is 0 Å². The van der Waals surface area contributed by atoms with Crippen LogP contribution in [-0.2, 0) is 4.79 Å². The Morgan fingerprint density at radius 3 is 2.47 bits per heavy atom. The predicted molar refractivity (Wildman–Crippen MR) is 115 cm³/mol. The number of hydrogen-bond donors (Lipinski definition) is 1. The zero-order chi connectivity index (χ0) is 22.6. The van der Waals surface area contributed by atoms with Gasteiger partial charge in [-0.1, -0.05) is 12.1 Å². The number of carbonyl (C=O) groups is 2. The molecule has 1 amide bonds. The van der Waals surface area contributed by atoms with E-state index in [-0.39, 0.29) is 18.4 Å². The fourth-order valence-corrected chi connectivity index (χ4v) is 2.78. The maximum absolute atomic E-state index is 12.8. The highest BCUT2D eigenvalue weighted by atomic mass is 27.0. The first-order chi connectivity index (χ1) is 13.9. The van der Waals surface area contributed by atoms with Gasteiger partial charge in [-0.15, -0.1) is 0 Å². The molecule has 1 aromatic heterocycles. The Morgan fingerprint density at radius 2 is 1.90 bits per heavy atom. The van der Waals surface area contributed by atoms with Crippen LogP contribution >= 0.6 is 0 Å². The standard InChI is InChI=1S/C21H27N4O4.Al/c1-21(2,3)19(28)29-16-9-7-8-14(10-16)17(26)13-25(6)18(27)15-11-22-20(23-12-15)24(4)5;/h7-11,17,26H,13H2,1-6H3;. The number of aliphatic hydroxyl groups excluding tert-OH is 1. The van der Waals surface area contributed by atoms with Crippen LogP contribution in [0.25, 0.3) is 0 Å². The summed E-state index contributed by atoms with van der Waals surface area (Å²) in [4.78, 5) is 36.5. The van der Waals surface area contributed by atoms with E-state index in [4.69, 9.17) is 4.74 Å². The molecule has 0 saturated carbocycles. The van der Waals surface area contributed by atoms with E-state index >= 15 is 0 Å². The van der Waals surface area contributed by atoms with E-state index < -0.39 is 11.5 Å². The fourth-order valence-electron chi connectivity index (χ4n) is 2.46. The second-order valence-corrected chi connectivity index (χ2v) is 8.82. The van der Waals surface area contributed by atoms with Gasteiger partial charge in [0, 0.05) is 27.3 Å². The summed E-state index contributed by atoms with van der Waals surface area (Å²) < 4.78 is 5.87. The van der Waals surface area contributed by atoms with Gasteiger partial charge < -0.3 is 19.6 Å². The van der Waals surface area contributed by atoms with Crippen LogP contribution in [-0.4, -0.2) is 75.8 Å². The Hall–Kier alpha value is -2.47. The maximum Gasteiger partial charge on any atom is 0.316 e. The molecule has 1 heterocycles. The van der Waals surface area contributed by atoms with Crippen LogP contribution in [0.1, 0.15) is 42.8 Å². The maximum atomic E-state index is 12.8. The Bertz CT molecular complexity index is 927. The summed E-state index contributed by atoms with van der Waals surface area (Å²) in [6.45, 7) is 5.35. The van der Waals surface area contributed by atoms with Gasteiger partial charge in [0.25, 0.3) is 5.91 Å². The van der Waals surface area contributed by atoms with E-state index in [1.54, 1.807) is 57.0 Å². The molecule has 0 saturated heterocycles. The number of ether oxygens (including phenoxy) is 1. The SMILES string of the molecule is CN(CC(O)c1cccc(OC(=O)C(C)(C)C)c1)C(=O)c1cnc(N(C)C)n[c]1[Al]. The number of aromatic nitrogens is 2. The molecule has 1 aromatic carbocycles. The van der Waals surface area contributed by atoms with Gasteiger partial charge in [-0.3, -0.25) is 9.59 Å². The van der Waals surface area contributed by atoms with Crippen molar-refractivity contribution in [1.29, 1.82) is 0 Å². The molecule has 2 rings (SSSR count). The number of likely N-dealkylation sites (N-methyl/N-ethyl adjacent to an activating group) is 1. The molecule has 0 aliphatic carbocycles. The smallest absolute Gasteiger partial charge is 0.316 e. The van der Waals surface area contributed by atoms with E-state index in [9.17, 15) is 14.7 Å². The van der Waals surface area contributed by atoms with Crippen LogP contribution in [0.3, 0.4) is 0 Å². The first-order valence-electron chi connectivity index (χ1n) is 9.45. The molecular weight excluding hydrogens is 399 g/mol. The van der Waals surface area contributed by atoms with Crippen molar-refractivity contribution in [3.8, 4) is 5.75 Å². The lowest BCUT2D eigenvalue weighted by Crippen LogP contribution is -2.35. The van der Waals surface area contributed by atoms with E-state index in [1.807, 2.05) is 14.1 Å². The minimum atomic E-state index is -0.956. The first kappa shape index (κ1) is 23.8. The van der Waals surface area contributed by atoms with Gasteiger partial charge in [0.2, 0.25) is 22.2 Å². The minimum absolute atomic E-state index is 0.0506. The van der Waals surface area contributed by atoms with Crippen molar-refractivity contribution in [3.63, 3.8) is 0 Å². The number of amides is 1. The first-order valence-corrected chi connectivity index (χ1v) is 10.0. The second-order valence-electron chi connectivity index (χ2n) is 8.28. The topological polar surface area (TPSA) is 95.9 Å². The fraction of sp³-hybridized carbons (Fsp3) is 0.429. The lowest BCUT2D eigenvalue weighted by Gasteiger charge is -2.23. The molecule has 2 radical (unpaired) electrons. The van der Waals surface area contributed by atoms with Crippen LogP contribution < -0.4 is 14.2 Å². The summed E-state index contributed by atoms with van der Waals surface area (Å²) in [5.74, 6) is 0.177. The van der Waals surface area contributed by atoms with Crippen molar-refractivity contribution in [2.24, 2.45) is 5.41 Å². The lowest BCUT2D eigenvalue weighted by molar-refractivity contribution is -0.143. The number of rotatable bonds is 6. The molecule has 8 nitrogen and oxygen atoms in total. The number of hydrogen-bond acceptors (Lipinski definition) is 7. The number of esters is 1. The van der Waals surface area contributed by atoms with E-state index in [1.165, 1.54) is 11.1 Å². The molecule has 0 aliphatic heterocycles. The van der Waals surface area contributed by atoms with Gasteiger partial charge in [-0.25, -0.2) is 9.97 Å². The highest BCUT2D eigenvalue weighted by Crippen LogP contribution is 2.23. The van der Waals surface area contributed by atoms with Crippen LogP contribution in [0.15, 0.2) is 30.5 Å². The molecule has 9 heteroatoms. The normalized spacial score (nSPS) is 12.2. The number of aliphatic hydroxyl groups is 1. The molecule has 1 N–H and O–H groups in total. The minimum Gasteiger partial charge on any atom is -0.426 e. The molecule has 1 unspecified atom stereocenters. The molecule has 1 atom stereocenters. The van der Waals surface area contributed by atoms with Crippen molar-refractivity contribution < 1.29 is 19.4 Å². The monoisotopic (exact) mass is 426 g/mol. The van der Waals surface area contributed by atoms with Gasteiger partial charge in [0.05, 0.1) is 23.6 Å². The third-order valence-corrected chi connectivity index (χ3v) is 4.74. The summed E-state index contributed by atoms with van der Waals surface area (Å²) in [5, 5.41) is 10.6. The lowest BCUT2D eigenvalue weighted by atomic mass is 9.97. The molecule has 0 fully saturated rings. The average molecular weight is 426 g/mol. The van der Waals surface area contributed by atoms with Gasteiger partial charge in [0.1, 0.15) is 5.75 Å². The van der Waals surface area contributed by atoms with Gasteiger partial charge in [-0.05, 0) is 43.0 Å². The predicted octanol–water partition coefficient (Wildman–Crippen LogP) is 1.09. The van der Waals surface area contributed by atoms with E-state index in [0.29, 0.717) is 27.4 Å². The third-order valence-electron chi connectivity index (χ3n) is 4.30. The molecule has 2 aromatic rings. The average Bonchev–Trinajstić information content (AvgIpc) is 2.66. The molecule has 30 heavy (non-hydrogen) atoms. The summed E-state index contributed by atoms with van der Waals surface area (Å²) in [5.41, 5.74) is 0.244. The zero-order valence-electron chi connectivity index (χ0n) is 18.2. The van der Waals surface area contributed by atoms with Crippen molar-refractivity contribution in [2.45, 2.75) is 26.9 Å². The zero-order valence-corrected chi connectivity index (χ0v) is 19.4. The Balaban J connectivity index is 2.10. The number of anilines is 1. The van der Waals surface area contributed by atoms with Gasteiger partial charge >= 0.3 is 5.97 Å². The third kappa shape index (κ3) is 6.02. The number of nitrogens with zero attached hydrogens (tertiary/aromatic N) is 4. The second kappa shape index (κ2) is 9.56. The molecule has 0 spiro atoms. The van der Waals surface area contributed by atoms with Crippen LogP contribution in [0, 0.1) is 5.41 Å². The van der Waals surface area contributed by atoms with Crippen molar-refractivity contribution in [2.75, 3.05) is 32.6 Å². The molecular formula is C21H27AlN4O4. The number of benzene rings is 1. The molecule has 0 bridgehead atoms. The quantitative estimate of drug-likeness (QED) is 0.420. The highest BCUT2D eigenvalue weighted by Gasteiger charge is 2.24. The van der Waals surface area contributed by atoms with Gasteiger partial charge in [-0.2, -0.15) is 0 Å². The van der Waals surface area contributed by atoms with E-state index in [2.05, 4.69) is 26.3 Å². The molecule has 158 valence electrons. The highest BCUT2D eigenvalue weighted by molar-refractivity contribution is 6.34. The van der Waals surface area contributed by atoms with Crippen molar-refractivity contribution >= 4 is 38.7 Å². The summed E-state index contributed by atoms with van der Waals surface area (Å²) >= 11 is 2.44. The molecule has 0 aliphatic rings. The summed E-state index contributed by atoms with van der Waals surface area (Å²) in [6.07, 6.45) is 0.518.